The third-order valence-corrected chi connectivity index (χ3v) is 18.2. The van der Waals surface area contributed by atoms with Gasteiger partial charge in [-0.3, -0.25) is 38.4 Å². The number of fused-ring (bicyclic) bond motifs is 2. The van der Waals surface area contributed by atoms with E-state index in [2.05, 4.69) is 61.5 Å². The smallest absolute Gasteiger partial charge is 0.246 e. The molecule has 0 aromatic heterocycles. The molecule has 17 heteroatoms. The molecule has 2 saturated carbocycles. The van der Waals surface area contributed by atoms with Gasteiger partial charge >= 0.3 is 0 Å². The van der Waals surface area contributed by atoms with Gasteiger partial charge in [0.25, 0.3) is 0 Å². The van der Waals surface area contributed by atoms with Crippen LogP contribution in [0.5, 0.6) is 0 Å². The molecule has 7 N–H and O–H groups in total. The summed E-state index contributed by atoms with van der Waals surface area (Å²) in [6, 6.07) is 11.6. The molecule has 2 heterocycles. The molecule has 432 valence electrons. The van der Waals surface area contributed by atoms with Gasteiger partial charge in [-0.1, -0.05) is 113 Å². The molecule has 79 heavy (non-hydrogen) atoms. The Balaban J connectivity index is 0.800. The van der Waals surface area contributed by atoms with E-state index >= 15 is 0 Å². The van der Waals surface area contributed by atoms with E-state index in [9.17, 15) is 38.4 Å². The number of nitrogens with one attached hydrogen (secondary N) is 7. The number of nitrogens with zero attached hydrogens (tertiary/aromatic N) is 2. The Labute approximate surface area is 468 Å². The van der Waals surface area contributed by atoms with E-state index in [1.54, 1.807) is 23.8 Å². The average Bonchev–Trinajstić information content (AvgIpc) is 4.19. The Morgan fingerprint density at radius 3 is 1.37 bits per heavy atom. The second-order valence-corrected chi connectivity index (χ2v) is 23.9. The van der Waals surface area contributed by atoms with Crippen LogP contribution in [-0.4, -0.2) is 119 Å². The SMILES string of the molecule is CN[C@@H](C)C(=O)N[C@H](C(=O)N1C[C@@H](NC(=O)CCCCCCCCC(=O)N[C@H]2C[C@@H](C(=O)N[C@@H]3CCCc4ccccc43)N(C(=O)[C@@H](NC(C)=O)C3CCCCC3)C2)C[C@H]1C(=O)N[C@@H]1CCCc2ccccc21)C1CCCCC1. The Hall–Kier alpha value is -5.84. The molecule has 2 aromatic carbocycles. The van der Waals surface area contributed by atoms with Crippen LogP contribution in [-0.2, 0) is 51.2 Å². The molecule has 8 rings (SSSR count). The highest BCUT2D eigenvalue weighted by Gasteiger charge is 2.47. The molecule has 4 aliphatic carbocycles. The lowest BCUT2D eigenvalue weighted by molar-refractivity contribution is -0.143. The minimum absolute atomic E-state index is 0.00805. The van der Waals surface area contributed by atoms with Gasteiger partial charge in [0.1, 0.15) is 24.2 Å². The second-order valence-electron chi connectivity index (χ2n) is 23.9. The summed E-state index contributed by atoms with van der Waals surface area (Å²) in [5.41, 5.74) is 4.65. The number of unbranched alkanes of at least 4 members (excludes halogenated alkanes) is 5. The fraction of sp³-hybridized carbons (Fsp3) is 0.677. The summed E-state index contributed by atoms with van der Waals surface area (Å²) in [6.07, 6.45) is 20.8. The van der Waals surface area contributed by atoms with Crippen molar-refractivity contribution in [2.75, 3.05) is 20.1 Å². The van der Waals surface area contributed by atoms with Gasteiger partial charge < -0.3 is 47.0 Å². The van der Waals surface area contributed by atoms with E-state index < -0.39 is 42.3 Å². The molecular weight excluding hydrogens is 999 g/mol. The first-order valence-corrected chi connectivity index (χ1v) is 30.5. The van der Waals surface area contributed by atoms with Crippen LogP contribution < -0.4 is 37.2 Å². The Bertz CT molecular complexity index is 2440. The van der Waals surface area contributed by atoms with Gasteiger partial charge in [0, 0.05) is 44.9 Å². The lowest BCUT2D eigenvalue weighted by Crippen LogP contribution is -2.58. The van der Waals surface area contributed by atoms with Crippen LogP contribution >= 0.6 is 0 Å². The lowest BCUT2D eigenvalue weighted by atomic mass is 9.83. The van der Waals surface area contributed by atoms with Crippen molar-refractivity contribution in [2.24, 2.45) is 11.8 Å². The van der Waals surface area contributed by atoms with Crippen LogP contribution in [0.3, 0.4) is 0 Å². The molecule has 0 radical (unpaired) electrons. The molecule has 0 bridgehead atoms. The van der Waals surface area contributed by atoms with E-state index in [4.69, 9.17) is 0 Å². The van der Waals surface area contributed by atoms with Crippen molar-refractivity contribution >= 4 is 47.3 Å². The largest absolute Gasteiger partial charge is 0.351 e. The molecule has 0 spiro atoms. The molecule has 17 nitrogen and oxygen atoms in total. The van der Waals surface area contributed by atoms with E-state index in [1.807, 2.05) is 24.3 Å². The Kier molecular flexibility index (Phi) is 21.8. The Morgan fingerprint density at radius 1 is 0.519 bits per heavy atom. The minimum Gasteiger partial charge on any atom is -0.351 e. The molecule has 2 saturated heterocycles. The zero-order valence-electron chi connectivity index (χ0n) is 47.4. The Morgan fingerprint density at radius 2 is 0.937 bits per heavy atom. The van der Waals surface area contributed by atoms with Crippen molar-refractivity contribution in [2.45, 2.75) is 235 Å². The summed E-state index contributed by atoms with van der Waals surface area (Å²) >= 11 is 0. The summed E-state index contributed by atoms with van der Waals surface area (Å²) in [4.78, 5) is 114. The maximum Gasteiger partial charge on any atom is 0.246 e. The molecule has 4 fully saturated rings. The van der Waals surface area contributed by atoms with Gasteiger partial charge in [-0.05, 0) is 138 Å². The zero-order valence-corrected chi connectivity index (χ0v) is 47.4. The first-order chi connectivity index (χ1) is 38.3. The fourth-order valence-corrected chi connectivity index (χ4v) is 13.8. The van der Waals surface area contributed by atoms with Gasteiger partial charge in [0.2, 0.25) is 47.3 Å². The number of benzene rings is 2. The van der Waals surface area contributed by atoms with Crippen molar-refractivity contribution in [3.05, 3.63) is 70.8 Å². The fourth-order valence-electron chi connectivity index (χ4n) is 13.8. The van der Waals surface area contributed by atoms with Crippen molar-refractivity contribution in [1.82, 2.24) is 47.0 Å². The summed E-state index contributed by atoms with van der Waals surface area (Å²) in [5, 5.41) is 21.9. The predicted octanol–water partition coefficient (Wildman–Crippen LogP) is 6.42. The highest BCUT2D eigenvalue weighted by molar-refractivity contribution is 5.95. The van der Waals surface area contributed by atoms with Gasteiger partial charge in [-0.2, -0.15) is 0 Å². The number of likely N-dealkylation sites (tertiary alicyclic amines) is 2. The summed E-state index contributed by atoms with van der Waals surface area (Å²) in [7, 11) is 1.71. The lowest BCUT2D eigenvalue weighted by Gasteiger charge is -2.35. The normalized spacial score (nSPS) is 24.4. The maximum absolute atomic E-state index is 14.7. The molecule has 9 atom stereocenters. The second kappa shape index (κ2) is 29.0. The molecule has 2 aliphatic heterocycles. The van der Waals surface area contributed by atoms with Crippen LogP contribution in [0, 0.1) is 11.8 Å². The van der Waals surface area contributed by atoms with Crippen LogP contribution in [0.4, 0.5) is 0 Å². The highest BCUT2D eigenvalue weighted by Crippen LogP contribution is 2.35. The van der Waals surface area contributed by atoms with Crippen LogP contribution in [0.15, 0.2) is 48.5 Å². The number of carbonyl (C=O) groups is 8. The number of likely N-dealkylation sites (N-methyl/N-ethyl adjacent to an activating group) is 1. The summed E-state index contributed by atoms with van der Waals surface area (Å²) in [6.45, 7) is 3.56. The monoisotopic (exact) mass is 1090 g/mol. The van der Waals surface area contributed by atoms with Crippen molar-refractivity contribution < 1.29 is 38.4 Å². The average molecular weight is 1090 g/mol. The molecule has 8 amide bonds. The number of aryl methyl sites for hydroxylation is 2. The van der Waals surface area contributed by atoms with Gasteiger partial charge in [0.15, 0.2) is 0 Å². The van der Waals surface area contributed by atoms with Crippen LogP contribution in [0.2, 0.25) is 0 Å². The van der Waals surface area contributed by atoms with E-state index in [0.717, 1.165) is 140 Å². The van der Waals surface area contributed by atoms with Gasteiger partial charge in [0.05, 0.1) is 18.1 Å². The highest BCUT2D eigenvalue weighted by atomic mass is 16.2. The zero-order chi connectivity index (χ0) is 55.8. The third kappa shape index (κ3) is 16.0. The van der Waals surface area contributed by atoms with Crippen molar-refractivity contribution in [3.63, 3.8) is 0 Å². The quantitative estimate of drug-likeness (QED) is 0.0609. The summed E-state index contributed by atoms with van der Waals surface area (Å²) < 4.78 is 0. The number of hydrogen-bond donors (Lipinski definition) is 7. The molecule has 0 unspecified atom stereocenters. The topological polar surface area (TPSA) is 227 Å². The standard InChI is InChI=1S/C62H91N9O8/c1-40(63-3)58(75)69-57(45-26-12-9-13-27-45)62(79)71-39-47(37-53(71)60(77)68-51-33-21-29-43-23-17-19-31-49(43)51)66-55(74)35-15-7-5-4-6-14-34-54(73)65-46-36-52(59(76)67-50-32-20-28-42-22-16-18-30-48(42)50)70(38-46)61(78)56(64-41(2)72)44-24-10-8-11-25-44/h16-19,22-23,30-31,40,44-47,50-53,56-57,63H,4-15,20-21,24-29,32-39H2,1-3H3,(H,64,72)(H,65,73)(H,66,74)(H,67,76)(H,68,77)(H,69,75)/t40-,46-,47-,50+,51+,52-,53-,56-,57-/m0/s1. The van der Waals surface area contributed by atoms with Gasteiger partial charge in [-0.15, -0.1) is 0 Å². The first-order valence-electron chi connectivity index (χ1n) is 30.5. The molecule has 2 aromatic rings. The minimum atomic E-state index is -0.802. The number of amides is 8. The number of rotatable bonds is 23. The molecule has 6 aliphatic rings. The van der Waals surface area contributed by atoms with Crippen molar-refractivity contribution in [1.29, 1.82) is 0 Å². The van der Waals surface area contributed by atoms with Crippen LogP contribution in [0.1, 0.15) is 202 Å². The third-order valence-electron chi connectivity index (χ3n) is 18.2. The maximum atomic E-state index is 14.7. The van der Waals surface area contributed by atoms with Gasteiger partial charge in [-0.25, -0.2) is 0 Å². The van der Waals surface area contributed by atoms with Crippen LogP contribution in [0.25, 0.3) is 0 Å². The first kappa shape index (κ1) is 59.3. The van der Waals surface area contributed by atoms with Crippen molar-refractivity contribution in [3.8, 4) is 0 Å². The molecular formula is C62H91N9O8. The van der Waals surface area contributed by atoms with E-state index in [1.165, 1.54) is 18.1 Å². The summed E-state index contributed by atoms with van der Waals surface area (Å²) in [5.74, 6) is -1.83. The van der Waals surface area contributed by atoms with E-state index in [-0.39, 0.29) is 90.7 Å². The van der Waals surface area contributed by atoms with E-state index in [0.29, 0.717) is 32.1 Å². The number of hydrogen-bond acceptors (Lipinski definition) is 9. The number of carbonyl (C=O) groups excluding carboxylic acids is 8. The predicted molar refractivity (Wildman–Crippen MR) is 303 cm³/mol.